The Morgan fingerprint density at radius 1 is 0.538 bits per heavy atom. The van der Waals surface area contributed by atoms with Gasteiger partial charge in [-0.2, -0.15) is 0 Å². The summed E-state index contributed by atoms with van der Waals surface area (Å²) in [7, 11) is 0. The maximum atomic E-state index is 6.94. The molecule has 0 fully saturated rings. The Kier molecular flexibility index (Phi) is 6.29. The van der Waals surface area contributed by atoms with E-state index in [-0.39, 0.29) is 5.92 Å². The molecule has 3 heterocycles. The van der Waals surface area contributed by atoms with E-state index in [0.717, 1.165) is 57.4 Å². The number of hydrogen-bond donors (Lipinski definition) is 0. The van der Waals surface area contributed by atoms with Gasteiger partial charge in [0.1, 0.15) is 23.0 Å². The number of hydrogen-bond acceptors (Lipinski definition) is 2. The second kappa shape index (κ2) is 11.2. The third-order valence-corrected chi connectivity index (χ3v) is 11.3. The number of benzene rings is 7. The lowest BCUT2D eigenvalue weighted by Gasteiger charge is -2.47. The van der Waals surface area contributed by atoms with Crippen molar-refractivity contribution < 1.29 is 9.47 Å². The molecule has 1 aliphatic carbocycles. The van der Waals surface area contributed by atoms with Gasteiger partial charge in [0.15, 0.2) is 0 Å². The van der Waals surface area contributed by atoms with Crippen LogP contribution < -0.4 is 9.47 Å². The summed E-state index contributed by atoms with van der Waals surface area (Å²) in [6.45, 7) is 0. The Labute approximate surface area is 302 Å². The molecular weight excluding hydrogens is 635 g/mol. The zero-order valence-electron chi connectivity index (χ0n) is 28.4. The van der Waals surface area contributed by atoms with E-state index in [4.69, 9.17) is 9.47 Å². The monoisotopic (exact) mass is 667 g/mol. The molecule has 52 heavy (non-hydrogen) atoms. The number of aromatic nitrogens is 1. The van der Waals surface area contributed by atoms with Crippen molar-refractivity contribution >= 4 is 21.8 Å². The third-order valence-electron chi connectivity index (χ3n) is 11.3. The molecular formula is C49H33NO2. The summed E-state index contributed by atoms with van der Waals surface area (Å²) in [4.78, 5) is 0. The predicted molar refractivity (Wildman–Crippen MR) is 210 cm³/mol. The molecule has 3 nitrogen and oxygen atoms in total. The summed E-state index contributed by atoms with van der Waals surface area (Å²) < 4.78 is 16.0. The lowest BCUT2D eigenvalue weighted by atomic mass is 9.59. The minimum atomic E-state index is -0.631. The van der Waals surface area contributed by atoms with Crippen LogP contribution >= 0.6 is 0 Å². The summed E-state index contributed by atoms with van der Waals surface area (Å²) in [5.74, 6) is 3.77. The number of para-hydroxylation sites is 4. The molecule has 0 radical (unpaired) electrons. The molecule has 0 bridgehead atoms. The van der Waals surface area contributed by atoms with E-state index in [1.165, 1.54) is 38.5 Å². The first-order chi connectivity index (χ1) is 25.8. The highest BCUT2D eigenvalue weighted by molar-refractivity contribution is 6.15. The predicted octanol–water partition coefficient (Wildman–Crippen LogP) is 12.3. The van der Waals surface area contributed by atoms with E-state index in [1.807, 2.05) is 0 Å². The molecule has 7 aromatic carbocycles. The van der Waals surface area contributed by atoms with E-state index in [1.54, 1.807) is 0 Å². The molecule has 0 saturated heterocycles. The number of nitrogens with zero attached hydrogens (tertiary/aromatic N) is 1. The van der Waals surface area contributed by atoms with Crippen LogP contribution in [0.5, 0.6) is 17.2 Å². The second-order valence-electron chi connectivity index (χ2n) is 14.0. The average Bonchev–Trinajstić information content (AvgIpc) is 3.56. The van der Waals surface area contributed by atoms with Crippen LogP contribution in [0.15, 0.2) is 193 Å². The van der Waals surface area contributed by atoms with E-state index in [2.05, 4.69) is 187 Å². The fourth-order valence-electron chi connectivity index (χ4n) is 9.14. The van der Waals surface area contributed by atoms with Crippen molar-refractivity contribution in [3.63, 3.8) is 0 Å². The largest absolute Gasteiger partial charge is 0.457 e. The van der Waals surface area contributed by atoms with Gasteiger partial charge in [0.2, 0.25) is 0 Å². The van der Waals surface area contributed by atoms with Gasteiger partial charge in [0, 0.05) is 39.1 Å². The maximum Gasteiger partial charge on any atom is 0.132 e. The molecule has 3 aliphatic rings. The van der Waals surface area contributed by atoms with Crippen molar-refractivity contribution in [3.05, 3.63) is 216 Å². The first kappa shape index (κ1) is 29.2. The number of fused-ring (bicyclic) bond motifs is 10. The van der Waals surface area contributed by atoms with Crippen LogP contribution in [-0.2, 0) is 5.41 Å². The topological polar surface area (TPSA) is 23.4 Å². The van der Waals surface area contributed by atoms with Crippen LogP contribution in [0.3, 0.4) is 0 Å². The van der Waals surface area contributed by atoms with Crippen molar-refractivity contribution in [2.75, 3.05) is 0 Å². The van der Waals surface area contributed by atoms with Gasteiger partial charge in [-0.15, -0.1) is 0 Å². The van der Waals surface area contributed by atoms with Gasteiger partial charge in [-0.05, 0) is 83.3 Å². The Balaban J connectivity index is 1.20. The summed E-state index contributed by atoms with van der Waals surface area (Å²) in [6.07, 6.45) is 5.33. The van der Waals surface area contributed by atoms with E-state index < -0.39 is 5.41 Å². The highest BCUT2D eigenvalue weighted by Gasteiger charge is 2.52. The Morgan fingerprint density at radius 3 is 1.98 bits per heavy atom. The molecule has 0 N–H and O–H groups in total. The molecule has 1 spiro atoms. The van der Waals surface area contributed by atoms with Gasteiger partial charge in [0.05, 0.1) is 16.4 Å². The molecule has 1 aromatic heterocycles. The zero-order valence-corrected chi connectivity index (χ0v) is 28.4. The molecule has 8 aromatic rings. The van der Waals surface area contributed by atoms with Crippen LogP contribution in [0.1, 0.15) is 34.6 Å². The number of ether oxygens (including phenoxy) is 2. The van der Waals surface area contributed by atoms with Crippen LogP contribution in [0.2, 0.25) is 0 Å². The zero-order chi connectivity index (χ0) is 34.2. The number of allylic oxidation sites excluding steroid dienone is 3. The molecule has 11 rings (SSSR count). The van der Waals surface area contributed by atoms with Gasteiger partial charge in [-0.3, -0.25) is 0 Å². The van der Waals surface area contributed by atoms with Gasteiger partial charge in [0.25, 0.3) is 0 Å². The van der Waals surface area contributed by atoms with Gasteiger partial charge < -0.3 is 14.0 Å². The molecule has 3 heteroatoms. The normalized spacial score (nSPS) is 16.5. The van der Waals surface area contributed by atoms with Crippen molar-refractivity contribution in [1.29, 1.82) is 0 Å². The van der Waals surface area contributed by atoms with Gasteiger partial charge in [-0.1, -0.05) is 127 Å². The molecule has 1 unspecified atom stereocenters. The fraction of sp³-hybridized carbons (Fsp3) is 0.0612. The average molecular weight is 668 g/mol. The summed E-state index contributed by atoms with van der Waals surface area (Å²) in [5, 5.41) is 2.47. The van der Waals surface area contributed by atoms with Gasteiger partial charge >= 0.3 is 0 Å². The second-order valence-corrected chi connectivity index (χ2v) is 14.0. The Morgan fingerprint density at radius 2 is 1.19 bits per heavy atom. The van der Waals surface area contributed by atoms with Gasteiger partial charge in [-0.25, -0.2) is 0 Å². The van der Waals surface area contributed by atoms with Crippen molar-refractivity contribution in [2.45, 2.75) is 17.8 Å². The van der Waals surface area contributed by atoms with Crippen molar-refractivity contribution in [3.8, 4) is 34.1 Å². The fourth-order valence-corrected chi connectivity index (χ4v) is 9.14. The first-order valence-corrected chi connectivity index (χ1v) is 18.0. The Hall–Kier alpha value is -6.58. The smallest absolute Gasteiger partial charge is 0.132 e. The van der Waals surface area contributed by atoms with Crippen molar-refractivity contribution in [2.24, 2.45) is 0 Å². The third kappa shape index (κ3) is 4.08. The van der Waals surface area contributed by atoms with Crippen LogP contribution in [0.25, 0.3) is 38.6 Å². The Bertz CT molecular complexity index is 2730. The summed E-state index contributed by atoms with van der Waals surface area (Å²) in [6, 6.07) is 60.9. The SMILES string of the molecule is C1=CC(c2ccccc2)CC2=C1Oc1ccc(-c3cccc4c3c3ccccc3n4-c3ccccc3)cc1C21c2ccccc2Oc2ccccc21. The van der Waals surface area contributed by atoms with E-state index >= 15 is 0 Å². The lowest BCUT2D eigenvalue weighted by Crippen LogP contribution is -2.40. The quantitative estimate of drug-likeness (QED) is 0.187. The highest BCUT2D eigenvalue weighted by atomic mass is 16.5. The highest BCUT2D eigenvalue weighted by Crippen LogP contribution is 2.62. The molecule has 1 atom stereocenters. The minimum absolute atomic E-state index is 0.213. The summed E-state index contributed by atoms with van der Waals surface area (Å²) >= 11 is 0. The lowest BCUT2D eigenvalue weighted by molar-refractivity contribution is 0.364. The molecule has 0 amide bonds. The van der Waals surface area contributed by atoms with Crippen LogP contribution in [0.4, 0.5) is 0 Å². The molecule has 0 saturated carbocycles. The van der Waals surface area contributed by atoms with Crippen LogP contribution in [0, 0.1) is 0 Å². The first-order valence-electron chi connectivity index (χ1n) is 18.0. The summed E-state index contributed by atoms with van der Waals surface area (Å²) in [5.41, 5.74) is 11.2. The van der Waals surface area contributed by atoms with Crippen LogP contribution in [-0.4, -0.2) is 4.57 Å². The molecule has 246 valence electrons. The maximum absolute atomic E-state index is 6.94. The van der Waals surface area contributed by atoms with E-state index in [0.29, 0.717) is 0 Å². The van der Waals surface area contributed by atoms with Crippen molar-refractivity contribution in [1.82, 2.24) is 4.57 Å². The van der Waals surface area contributed by atoms with E-state index in [9.17, 15) is 0 Å². The number of rotatable bonds is 3. The molecule has 2 aliphatic heterocycles. The standard InChI is InChI=1S/C49H33NO2/c1-3-14-32(15-4-1)33-26-28-46-40(30-33)49(38-20-8-11-24-44(38)51-45-25-12-9-21-39(45)49)41-31-34(27-29-47(41)52-46)36-19-13-23-43-48(36)37-18-7-10-22-42(37)50(43)35-16-5-2-6-17-35/h1-29,31,33H,30H2. The minimum Gasteiger partial charge on any atom is -0.457 e.